The number of fused-ring (bicyclic) bond motifs is 1. The molecule has 2 heteroatoms. The van der Waals surface area contributed by atoms with E-state index in [0.29, 0.717) is 6.04 Å². The van der Waals surface area contributed by atoms with Crippen LogP contribution in [-0.4, -0.2) is 29.1 Å². The fourth-order valence-electron chi connectivity index (χ4n) is 3.28. The van der Waals surface area contributed by atoms with Gasteiger partial charge in [-0.3, -0.25) is 0 Å². The molecular formula is C17H24N2. The molecule has 1 unspecified atom stereocenters. The largest absolute Gasteiger partial charge is 0.345 e. The molecule has 0 N–H and O–H groups in total. The summed E-state index contributed by atoms with van der Waals surface area (Å²) in [4.78, 5) is 2.51. The number of hydrogen-bond acceptors (Lipinski definition) is 1. The first-order valence-corrected chi connectivity index (χ1v) is 7.45. The van der Waals surface area contributed by atoms with Crippen LogP contribution in [0, 0.1) is 0 Å². The van der Waals surface area contributed by atoms with Crippen molar-refractivity contribution in [2.75, 3.05) is 13.6 Å². The lowest BCUT2D eigenvalue weighted by molar-refractivity contribution is 0.309. The molecule has 1 aromatic heterocycles. The number of rotatable bonds is 3. The third kappa shape index (κ3) is 2.42. The maximum absolute atomic E-state index is 2.51. The van der Waals surface area contributed by atoms with Crippen LogP contribution in [0.25, 0.3) is 10.9 Å². The van der Waals surface area contributed by atoms with Crippen molar-refractivity contribution in [3.8, 4) is 0 Å². The Morgan fingerprint density at radius 3 is 2.79 bits per heavy atom. The van der Waals surface area contributed by atoms with Crippen LogP contribution in [0.5, 0.6) is 0 Å². The maximum atomic E-state index is 2.51. The molecule has 1 saturated heterocycles. The molecule has 1 aliphatic heterocycles. The van der Waals surface area contributed by atoms with Crippen molar-refractivity contribution in [1.29, 1.82) is 0 Å². The molecule has 1 aliphatic rings. The van der Waals surface area contributed by atoms with Crippen LogP contribution >= 0.6 is 0 Å². The van der Waals surface area contributed by atoms with Gasteiger partial charge >= 0.3 is 0 Å². The van der Waals surface area contributed by atoms with E-state index < -0.39 is 0 Å². The van der Waals surface area contributed by atoms with Gasteiger partial charge in [-0.05, 0) is 69.8 Å². The normalized spacial score (nSPS) is 20.7. The summed E-state index contributed by atoms with van der Waals surface area (Å²) < 4.78 is 2.37. The first kappa shape index (κ1) is 12.7. The Hall–Kier alpha value is -1.28. The van der Waals surface area contributed by atoms with Crippen LogP contribution in [-0.2, 0) is 6.42 Å². The lowest BCUT2D eigenvalue weighted by Gasteiger charge is -2.19. The maximum Gasteiger partial charge on any atom is 0.0485 e. The Bertz CT molecular complexity index is 568. The predicted molar refractivity (Wildman–Crippen MR) is 81.7 cm³/mol. The molecule has 0 spiro atoms. The Morgan fingerprint density at radius 1 is 1.26 bits per heavy atom. The summed E-state index contributed by atoms with van der Waals surface area (Å²) in [6.07, 6.45) is 6.10. The van der Waals surface area contributed by atoms with Crippen molar-refractivity contribution in [3.05, 3.63) is 36.0 Å². The second-order valence-electron chi connectivity index (χ2n) is 6.19. The number of benzene rings is 1. The second kappa shape index (κ2) is 5.01. The molecule has 2 heterocycles. The summed E-state index contributed by atoms with van der Waals surface area (Å²) >= 11 is 0. The van der Waals surface area contributed by atoms with Crippen molar-refractivity contribution in [2.45, 2.75) is 45.2 Å². The quantitative estimate of drug-likeness (QED) is 0.809. The molecule has 3 rings (SSSR count). The van der Waals surface area contributed by atoms with Gasteiger partial charge in [0.05, 0.1) is 0 Å². The molecule has 0 radical (unpaired) electrons. The van der Waals surface area contributed by atoms with Crippen LogP contribution in [0.3, 0.4) is 0 Å². The van der Waals surface area contributed by atoms with E-state index in [-0.39, 0.29) is 0 Å². The van der Waals surface area contributed by atoms with Crippen LogP contribution in [0.1, 0.15) is 38.3 Å². The lowest BCUT2D eigenvalue weighted by Crippen LogP contribution is -2.26. The minimum atomic E-state index is 0.530. The van der Waals surface area contributed by atoms with Gasteiger partial charge in [0.25, 0.3) is 0 Å². The molecule has 1 atom stereocenters. The standard InChI is InChI=1S/C17H24N2/c1-13(2)19-10-8-15-7-6-14(12-17(15)19)11-16-5-4-9-18(16)3/h6-8,10,12-13,16H,4-5,9,11H2,1-3H3. The topological polar surface area (TPSA) is 8.17 Å². The van der Waals surface area contributed by atoms with E-state index in [1.54, 1.807) is 0 Å². The fraction of sp³-hybridized carbons (Fsp3) is 0.529. The van der Waals surface area contributed by atoms with Gasteiger partial charge in [0.15, 0.2) is 0 Å². The smallest absolute Gasteiger partial charge is 0.0485 e. The Kier molecular flexibility index (Phi) is 3.36. The third-order valence-electron chi connectivity index (χ3n) is 4.49. The Morgan fingerprint density at radius 2 is 2.11 bits per heavy atom. The number of likely N-dealkylation sites (N-methyl/N-ethyl adjacent to an activating group) is 1. The lowest BCUT2D eigenvalue weighted by atomic mass is 10.0. The second-order valence-corrected chi connectivity index (χ2v) is 6.19. The molecule has 0 aliphatic carbocycles. The highest BCUT2D eigenvalue weighted by Crippen LogP contribution is 2.24. The zero-order chi connectivity index (χ0) is 13.4. The monoisotopic (exact) mass is 256 g/mol. The van der Waals surface area contributed by atoms with Gasteiger partial charge in [0.1, 0.15) is 0 Å². The van der Waals surface area contributed by atoms with Crippen molar-refractivity contribution >= 4 is 10.9 Å². The number of likely N-dealkylation sites (tertiary alicyclic amines) is 1. The molecule has 102 valence electrons. The summed E-state index contributed by atoms with van der Waals surface area (Å²) in [7, 11) is 2.26. The predicted octanol–water partition coefficient (Wildman–Crippen LogP) is 3.86. The minimum absolute atomic E-state index is 0.530. The highest BCUT2D eigenvalue weighted by molar-refractivity contribution is 5.81. The SMILES string of the molecule is CC(C)n1ccc2ccc(CC3CCCN3C)cc21. The molecule has 1 fully saturated rings. The van der Waals surface area contributed by atoms with Gasteiger partial charge in [-0.2, -0.15) is 0 Å². The van der Waals surface area contributed by atoms with Crippen LogP contribution in [0.2, 0.25) is 0 Å². The van der Waals surface area contributed by atoms with Gasteiger partial charge in [0, 0.05) is 23.8 Å². The Labute approximate surface area is 116 Å². The first-order valence-electron chi connectivity index (χ1n) is 7.45. The average Bonchev–Trinajstić information content (AvgIpc) is 2.96. The molecule has 0 saturated carbocycles. The number of aromatic nitrogens is 1. The van der Waals surface area contributed by atoms with Crippen molar-refractivity contribution in [1.82, 2.24) is 9.47 Å². The van der Waals surface area contributed by atoms with Gasteiger partial charge in [-0.15, -0.1) is 0 Å². The molecule has 0 bridgehead atoms. The highest BCUT2D eigenvalue weighted by Gasteiger charge is 2.21. The third-order valence-corrected chi connectivity index (χ3v) is 4.49. The number of hydrogen-bond donors (Lipinski definition) is 0. The number of nitrogens with zero attached hydrogens (tertiary/aromatic N) is 2. The molecule has 19 heavy (non-hydrogen) atoms. The molecule has 1 aromatic carbocycles. The van der Waals surface area contributed by atoms with Gasteiger partial charge in [0.2, 0.25) is 0 Å². The fourth-order valence-corrected chi connectivity index (χ4v) is 3.28. The summed E-state index contributed by atoms with van der Waals surface area (Å²) in [5, 5.41) is 1.36. The highest BCUT2D eigenvalue weighted by atomic mass is 15.1. The van der Waals surface area contributed by atoms with E-state index >= 15 is 0 Å². The van der Waals surface area contributed by atoms with E-state index in [1.165, 1.54) is 42.3 Å². The van der Waals surface area contributed by atoms with Gasteiger partial charge < -0.3 is 9.47 Å². The summed E-state index contributed by atoms with van der Waals surface area (Å²) in [6.45, 7) is 5.75. The van der Waals surface area contributed by atoms with Gasteiger partial charge in [-0.1, -0.05) is 12.1 Å². The van der Waals surface area contributed by atoms with Crippen molar-refractivity contribution < 1.29 is 0 Å². The summed E-state index contributed by atoms with van der Waals surface area (Å²) in [6, 6.07) is 10.5. The van der Waals surface area contributed by atoms with Crippen LogP contribution in [0.4, 0.5) is 0 Å². The molecule has 2 nitrogen and oxygen atoms in total. The minimum Gasteiger partial charge on any atom is -0.345 e. The van der Waals surface area contributed by atoms with Crippen molar-refractivity contribution in [2.24, 2.45) is 0 Å². The molecule has 0 amide bonds. The summed E-state index contributed by atoms with van der Waals surface area (Å²) in [5.41, 5.74) is 2.86. The summed E-state index contributed by atoms with van der Waals surface area (Å²) in [5.74, 6) is 0. The van der Waals surface area contributed by atoms with E-state index in [4.69, 9.17) is 0 Å². The van der Waals surface area contributed by atoms with E-state index in [2.05, 4.69) is 60.8 Å². The zero-order valence-corrected chi connectivity index (χ0v) is 12.3. The van der Waals surface area contributed by atoms with Gasteiger partial charge in [-0.25, -0.2) is 0 Å². The molecular weight excluding hydrogens is 232 g/mol. The average molecular weight is 256 g/mol. The zero-order valence-electron chi connectivity index (χ0n) is 12.3. The Balaban J connectivity index is 1.90. The van der Waals surface area contributed by atoms with E-state index in [0.717, 1.165) is 6.04 Å². The van der Waals surface area contributed by atoms with Crippen LogP contribution < -0.4 is 0 Å². The first-order chi connectivity index (χ1) is 9.15. The van der Waals surface area contributed by atoms with E-state index in [1.807, 2.05) is 0 Å². The van der Waals surface area contributed by atoms with E-state index in [9.17, 15) is 0 Å². The molecule has 2 aromatic rings. The van der Waals surface area contributed by atoms with Crippen molar-refractivity contribution in [3.63, 3.8) is 0 Å². The van der Waals surface area contributed by atoms with Crippen LogP contribution in [0.15, 0.2) is 30.5 Å².